The van der Waals surface area contributed by atoms with Crippen LogP contribution in [0.4, 0.5) is 11.4 Å². The molecule has 0 atom stereocenters. The van der Waals surface area contributed by atoms with Gasteiger partial charge >= 0.3 is 0 Å². The fraction of sp³-hybridized carbons (Fsp3) is 0.259. The summed E-state index contributed by atoms with van der Waals surface area (Å²) in [4.78, 5) is 29.7. The van der Waals surface area contributed by atoms with E-state index >= 15 is 0 Å². The molecule has 5 heteroatoms. The van der Waals surface area contributed by atoms with E-state index in [4.69, 9.17) is 0 Å². The summed E-state index contributed by atoms with van der Waals surface area (Å²) in [5.41, 5.74) is 4.34. The van der Waals surface area contributed by atoms with Gasteiger partial charge in [-0.15, -0.1) is 0 Å². The molecule has 0 saturated carbocycles. The molecule has 1 aliphatic rings. The molecule has 1 aliphatic heterocycles. The Morgan fingerprint density at radius 1 is 0.750 bits per heavy atom. The number of anilines is 2. The quantitative estimate of drug-likeness (QED) is 0.622. The Morgan fingerprint density at radius 3 is 2.03 bits per heavy atom. The molecule has 1 saturated heterocycles. The van der Waals surface area contributed by atoms with E-state index in [0.717, 1.165) is 16.9 Å². The highest BCUT2D eigenvalue weighted by molar-refractivity contribution is 6.06. The topological polar surface area (TPSA) is 52.7 Å². The van der Waals surface area contributed by atoms with Crippen molar-refractivity contribution in [2.24, 2.45) is 0 Å². The molecule has 0 bridgehead atoms. The largest absolute Gasteiger partial charge is 0.366 e. The van der Waals surface area contributed by atoms with Gasteiger partial charge in [-0.1, -0.05) is 56.3 Å². The highest BCUT2D eigenvalue weighted by atomic mass is 16.2. The van der Waals surface area contributed by atoms with Crippen molar-refractivity contribution in [2.75, 3.05) is 36.4 Å². The van der Waals surface area contributed by atoms with E-state index in [-0.39, 0.29) is 11.8 Å². The Kier molecular flexibility index (Phi) is 6.55. The minimum atomic E-state index is -0.120. The number of piperazine rings is 1. The van der Waals surface area contributed by atoms with Gasteiger partial charge in [0.1, 0.15) is 0 Å². The van der Waals surface area contributed by atoms with Gasteiger partial charge in [-0.3, -0.25) is 9.59 Å². The van der Waals surface area contributed by atoms with Crippen LogP contribution in [-0.2, 0) is 0 Å². The molecule has 3 aromatic rings. The van der Waals surface area contributed by atoms with Crippen molar-refractivity contribution in [3.63, 3.8) is 0 Å². The van der Waals surface area contributed by atoms with Gasteiger partial charge in [0.05, 0.1) is 11.4 Å². The number of benzene rings is 3. The monoisotopic (exact) mass is 427 g/mol. The van der Waals surface area contributed by atoms with Crippen LogP contribution < -0.4 is 10.2 Å². The van der Waals surface area contributed by atoms with Gasteiger partial charge in [0.15, 0.2) is 0 Å². The molecule has 0 unspecified atom stereocenters. The molecule has 0 spiro atoms. The van der Waals surface area contributed by atoms with Gasteiger partial charge < -0.3 is 15.1 Å². The molecule has 5 nitrogen and oxygen atoms in total. The molecular formula is C27H29N3O2. The fourth-order valence-corrected chi connectivity index (χ4v) is 3.98. The van der Waals surface area contributed by atoms with Crippen LogP contribution in [0.5, 0.6) is 0 Å². The Bertz CT molecular complexity index is 1070. The second-order valence-corrected chi connectivity index (χ2v) is 8.39. The Balaban J connectivity index is 1.42. The number of hydrogen-bond acceptors (Lipinski definition) is 3. The van der Waals surface area contributed by atoms with Crippen molar-refractivity contribution >= 4 is 23.2 Å². The summed E-state index contributed by atoms with van der Waals surface area (Å²) in [6.45, 7) is 7.00. The molecule has 1 fully saturated rings. The van der Waals surface area contributed by atoms with E-state index in [1.807, 2.05) is 83.8 Å². The van der Waals surface area contributed by atoms with E-state index in [2.05, 4.69) is 24.1 Å². The first-order chi connectivity index (χ1) is 15.5. The van der Waals surface area contributed by atoms with Crippen molar-refractivity contribution in [1.82, 2.24) is 4.90 Å². The third-order valence-electron chi connectivity index (χ3n) is 5.92. The van der Waals surface area contributed by atoms with Crippen molar-refractivity contribution in [2.45, 2.75) is 19.8 Å². The maximum Gasteiger partial charge on any atom is 0.255 e. The number of para-hydroxylation sites is 2. The summed E-state index contributed by atoms with van der Waals surface area (Å²) in [5, 5.41) is 3.07. The predicted octanol–water partition coefficient (Wildman–Crippen LogP) is 5.02. The summed E-state index contributed by atoms with van der Waals surface area (Å²) in [7, 11) is 0. The third kappa shape index (κ3) is 4.83. The summed E-state index contributed by atoms with van der Waals surface area (Å²) in [6.07, 6.45) is 0. The smallest absolute Gasteiger partial charge is 0.255 e. The summed E-state index contributed by atoms with van der Waals surface area (Å²) in [5.74, 6) is 0.377. The zero-order valence-corrected chi connectivity index (χ0v) is 18.6. The molecule has 3 aromatic carbocycles. The van der Waals surface area contributed by atoms with Crippen LogP contribution in [0, 0.1) is 0 Å². The first-order valence-corrected chi connectivity index (χ1v) is 11.1. The minimum Gasteiger partial charge on any atom is -0.366 e. The zero-order valence-electron chi connectivity index (χ0n) is 18.6. The van der Waals surface area contributed by atoms with Gasteiger partial charge in [0, 0.05) is 37.3 Å². The van der Waals surface area contributed by atoms with Crippen LogP contribution in [0.1, 0.15) is 46.0 Å². The summed E-state index contributed by atoms with van der Waals surface area (Å²) >= 11 is 0. The number of carbonyl (C=O) groups is 2. The van der Waals surface area contributed by atoms with E-state index in [1.165, 1.54) is 5.56 Å². The average molecular weight is 428 g/mol. The lowest BCUT2D eigenvalue weighted by atomic mass is 10.0. The van der Waals surface area contributed by atoms with Gasteiger partial charge in [-0.2, -0.15) is 0 Å². The van der Waals surface area contributed by atoms with Crippen LogP contribution in [0.3, 0.4) is 0 Å². The molecule has 0 aromatic heterocycles. The number of nitrogens with one attached hydrogen (secondary N) is 1. The van der Waals surface area contributed by atoms with Crippen LogP contribution in [0.15, 0.2) is 78.9 Å². The SMILES string of the molecule is CC(C)c1ccc(C(=O)Nc2ccccc2N2CCN(C(=O)c3ccccc3)CC2)cc1. The molecular weight excluding hydrogens is 398 g/mol. The van der Waals surface area contributed by atoms with E-state index < -0.39 is 0 Å². The lowest BCUT2D eigenvalue weighted by molar-refractivity contribution is 0.0746. The van der Waals surface area contributed by atoms with Crippen molar-refractivity contribution < 1.29 is 9.59 Å². The van der Waals surface area contributed by atoms with Gasteiger partial charge in [0.2, 0.25) is 0 Å². The van der Waals surface area contributed by atoms with E-state index in [1.54, 1.807) is 0 Å². The van der Waals surface area contributed by atoms with E-state index in [9.17, 15) is 9.59 Å². The second kappa shape index (κ2) is 9.69. The van der Waals surface area contributed by atoms with Gasteiger partial charge in [0.25, 0.3) is 11.8 Å². The minimum absolute atomic E-state index is 0.0664. The van der Waals surface area contributed by atoms with Gasteiger partial charge in [-0.05, 0) is 47.9 Å². The van der Waals surface area contributed by atoms with Crippen molar-refractivity contribution in [3.8, 4) is 0 Å². The second-order valence-electron chi connectivity index (χ2n) is 8.39. The Labute approximate surface area is 189 Å². The molecule has 0 aliphatic carbocycles. The number of carbonyl (C=O) groups excluding carboxylic acids is 2. The normalized spacial score (nSPS) is 13.8. The van der Waals surface area contributed by atoms with Crippen LogP contribution in [0.25, 0.3) is 0 Å². The Morgan fingerprint density at radius 2 is 1.38 bits per heavy atom. The molecule has 164 valence electrons. The summed E-state index contributed by atoms with van der Waals surface area (Å²) in [6, 6.07) is 25.0. The Hall–Kier alpha value is -3.60. The fourth-order valence-electron chi connectivity index (χ4n) is 3.98. The third-order valence-corrected chi connectivity index (χ3v) is 5.92. The van der Waals surface area contributed by atoms with Gasteiger partial charge in [-0.25, -0.2) is 0 Å². The predicted molar refractivity (Wildman–Crippen MR) is 129 cm³/mol. The number of amides is 2. The molecule has 2 amide bonds. The number of rotatable bonds is 5. The molecule has 1 heterocycles. The maximum atomic E-state index is 12.8. The zero-order chi connectivity index (χ0) is 22.5. The van der Waals surface area contributed by atoms with Crippen molar-refractivity contribution in [1.29, 1.82) is 0 Å². The lowest BCUT2D eigenvalue weighted by Gasteiger charge is -2.37. The highest BCUT2D eigenvalue weighted by Crippen LogP contribution is 2.27. The first kappa shape index (κ1) is 21.6. The molecule has 4 rings (SSSR count). The van der Waals surface area contributed by atoms with Crippen molar-refractivity contribution in [3.05, 3.63) is 95.6 Å². The number of nitrogens with zero attached hydrogens (tertiary/aromatic N) is 2. The number of hydrogen-bond donors (Lipinski definition) is 1. The standard InChI is InChI=1S/C27H29N3O2/c1-20(2)21-12-14-22(15-13-21)26(31)28-24-10-6-7-11-25(24)29-16-18-30(19-17-29)27(32)23-8-4-3-5-9-23/h3-15,20H,16-19H2,1-2H3,(H,28,31). The maximum absolute atomic E-state index is 12.8. The summed E-state index contributed by atoms with van der Waals surface area (Å²) < 4.78 is 0. The van der Waals surface area contributed by atoms with Crippen LogP contribution >= 0.6 is 0 Å². The first-order valence-electron chi connectivity index (χ1n) is 11.1. The molecule has 32 heavy (non-hydrogen) atoms. The lowest BCUT2D eigenvalue weighted by Crippen LogP contribution is -2.49. The molecule has 0 radical (unpaired) electrons. The average Bonchev–Trinajstić information content (AvgIpc) is 2.84. The molecule has 1 N–H and O–H groups in total. The van der Waals surface area contributed by atoms with Crippen LogP contribution in [-0.4, -0.2) is 42.9 Å². The van der Waals surface area contributed by atoms with E-state index in [0.29, 0.717) is 37.7 Å². The highest BCUT2D eigenvalue weighted by Gasteiger charge is 2.23. The van der Waals surface area contributed by atoms with Crippen LogP contribution in [0.2, 0.25) is 0 Å².